The Morgan fingerprint density at radius 3 is 2.56 bits per heavy atom. The summed E-state index contributed by atoms with van der Waals surface area (Å²) in [4.78, 5) is 5.84. The van der Waals surface area contributed by atoms with Crippen LogP contribution in [0.2, 0.25) is 0 Å². The molecule has 2 nitrogen and oxygen atoms in total. The van der Waals surface area contributed by atoms with Crippen LogP contribution in [0.4, 0.5) is 5.69 Å². The van der Waals surface area contributed by atoms with E-state index >= 15 is 0 Å². The molecule has 9 aliphatic carbocycles. The van der Waals surface area contributed by atoms with Crippen LogP contribution in [0.1, 0.15) is 115 Å². The van der Waals surface area contributed by atoms with Gasteiger partial charge in [0.15, 0.2) is 0 Å². The molecule has 0 saturated heterocycles. The fraction of sp³-hybridized carbons (Fsp3) is 0.329. The van der Waals surface area contributed by atoms with E-state index in [2.05, 4.69) is 228 Å². The first-order valence-corrected chi connectivity index (χ1v) is 28.7. The first-order valence-electron chi connectivity index (χ1n) is 28.7. The predicted octanol–water partition coefficient (Wildman–Crippen LogP) is 18.7. The quantitative estimate of drug-likeness (QED) is 0.126. The number of anilines is 1. The second-order valence-electron chi connectivity index (χ2n) is 23.2. The fourth-order valence-electron chi connectivity index (χ4n) is 13.9. The molecular weight excluding hydrogens is 905 g/mol. The smallest absolute Gasteiger partial charge is 0.0681 e. The van der Waals surface area contributed by atoms with Gasteiger partial charge in [-0.25, -0.2) is 0 Å². The number of nitrogens with zero attached hydrogens (tertiary/aromatic N) is 1. The van der Waals surface area contributed by atoms with Gasteiger partial charge < -0.3 is 5.32 Å². The lowest BCUT2D eigenvalue weighted by Gasteiger charge is -2.36. The van der Waals surface area contributed by atoms with Gasteiger partial charge in [0.1, 0.15) is 0 Å². The summed E-state index contributed by atoms with van der Waals surface area (Å²) in [5.41, 5.74) is 22.5. The Bertz CT molecular complexity index is 3340. The zero-order chi connectivity index (χ0) is 51.0. The van der Waals surface area contributed by atoms with Crippen molar-refractivity contribution in [3.63, 3.8) is 0 Å². The van der Waals surface area contributed by atoms with E-state index in [9.17, 15) is 0 Å². The molecule has 9 atom stereocenters. The number of para-hydroxylation sites is 1. The van der Waals surface area contributed by atoms with Crippen LogP contribution in [0.3, 0.4) is 0 Å². The minimum atomic E-state index is 0.187. The molecule has 3 aromatic carbocycles. The lowest BCUT2D eigenvalue weighted by atomic mass is 9.69. The van der Waals surface area contributed by atoms with Crippen molar-refractivity contribution in [2.45, 2.75) is 111 Å². The zero-order valence-electron chi connectivity index (χ0n) is 45.1. The van der Waals surface area contributed by atoms with Crippen LogP contribution in [-0.2, 0) is 6.42 Å². The van der Waals surface area contributed by atoms with Gasteiger partial charge in [-0.05, 0) is 194 Å². The van der Waals surface area contributed by atoms with E-state index in [1.807, 2.05) is 0 Å². The summed E-state index contributed by atoms with van der Waals surface area (Å²) in [6, 6.07) is 20.8. The third-order valence-corrected chi connectivity index (χ3v) is 18.5. The summed E-state index contributed by atoms with van der Waals surface area (Å²) in [7, 11) is 0. The molecular formula is C73H76N2. The highest BCUT2D eigenvalue weighted by Gasteiger charge is 2.48. The number of hydrogen-bond donors (Lipinski definition) is 1. The summed E-state index contributed by atoms with van der Waals surface area (Å²) in [5, 5.41) is 6.70. The van der Waals surface area contributed by atoms with Crippen molar-refractivity contribution < 1.29 is 0 Å². The molecule has 378 valence electrons. The largest absolute Gasteiger partial charge is 0.377 e. The highest BCUT2D eigenvalue weighted by molar-refractivity contribution is 6.19. The summed E-state index contributed by atoms with van der Waals surface area (Å²) >= 11 is 0. The fourth-order valence-corrected chi connectivity index (χ4v) is 13.9. The molecule has 12 rings (SSSR count). The molecule has 9 aliphatic rings. The van der Waals surface area contributed by atoms with Crippen LogP contribution in [-0.4, -0.2) is 17.8 Å². The molecule has 0 aliphatic heterocycles. The molecule has 0 amide bonds. The normalized spacial score (nSPS) is 27.5. The highest BCUT2D eigenvalue weighted by atomic mass is 14.9. The summed E-state index contributed by atoms with van der Waals surface area (Å²) in [6.45, 7) is 11.9. The minimum Gasteiger partial charge on any atom is -0.377 e. The number of hydrogen-bond acceptors (Lipinski definition) is 2. The van der Waals surface area contributed by atoms with Crippen LogP contribution < -0.4 is 5.32 Å². The van der Waals surface area contributed by atoms with E-state index in [1.165, 1.54) is 108 Å². The van der Waals surface area contributed by atoms with Crippen molar-refractivity contribution >= 4 is 39.4 Å². The van der Waals surface area contributed by atoms with Crippen LogP contribution in [0.15, 0.2) is 232 Å². The third-order valence-electron chi connectivity index (χ3n) is 18.5. The molecule has 2 heteroatoms. The molecule has 3 aromatic rings. The average Bonchev–Trinajstić information content (AvgIpc) is 4.28. The van der Waals surface area contributed by atoms with Gasteiger partial charge in [0.25, 0.3) is 0 Å². The topological polar surface area (TPSA) is 24.4 Å². The van der Waals surface area contributed by atoms with E-state index in [0.29, 0.717) is 29.6 Å². The van der Waals surface area contributed by atoms with Crippen LogP contribution in [0.5, 0.6) is 0 Å². The van der Waals surface area contributed by atoms with Crippen molar-refractivity contribution in [2.75, 3.05) is 5.32 Å². The van der Waals surface area contributed by atoms with Gasteiger partial charge in [0.2, 0.25) is 0 Å². The van der Waals surface area contributed by atoms with Gasteiger partial charge in [0, 0.05) is 29.0 Å². The molecule has 1 N–H and O–H groups in total. The number of allylic oxidation sites excluding steroid dienone is 27. The van der Waals surface area contributed by atoms with Crippen LogP contribution in [0, 0.1) is 41.4 Å². The average molecular weight is 981 g/mol. The van der Waals surface area contributed by atoms with Crippen LogP contribution >= 0.6 is 0 Å². The van der Waals surface area contributed by atoms with E-state index in [0.717, 1.165) is 56.8 Å². The predicted molar refractivity (Wildman–Crippen MR) is 322 cm³/mol. The molecule has 75 heavy (non-hydrogen) atoms. The molecule has 1 fully saturated rings. The molecule has 0 aromatic heterocycles. The Balaban J connectivity index is 0.736. The Labute approximate surface area is 448 Å². The third kappa shape index (κ3) is 9.99. The maximum Gasteiger partial charge on any atom is 0.0681 e. The van der Waals surface area contributed by atoms with E-state index in [-0.39, 0.29) is 12.1 Å². The van der Waals surface area contributed by atoms with Gasteiger partial charge in [-0.1, -0.05) is 200 Å². The number of aryl methyl sites for hydroxylation is 1. The number of fused-ring (bicyclic) bond motifs is 7. The number of aliphatic imine (C=N–C) groups is 1. The zero-order valence-corrected chi connectivity index (χ0v) is 45.1. The molecule has 8 unspecified atom stereocenters. The van der Waals surface area contributed by atoms with Gasteiger partial charge >= 0.3 is 0 Å². The number of benzene rings is 3. The highest BCUT2D eigenvalue weighted by Crippen LogP contribution is 2.59. The van der Waals surface area contributed by atoms with Crippen molar-refractivity contribution in [1.82, 2.24) is 0 Å². The molecule has 0 spiro atoms. The first kappa shape index (κ1) is 49.1. The van der Waals surface area contributed by atoms with E-state index < -0.39 is 0 Å². The molecule has 1 saturated carbocycles. The van der Waals surface area contributed by atoms with E-state index in [4.69, 9.17) is 4.99 Å². The van der Waals surface area contributed by atoms with Crippen molar-refractivity contribution in [2.24, 2.45) is 46.4 Å². The Hall–Kier alpha value is -6.77. The lowest BCUT2D eigenvalue weighted by Crippen LogP contribution is -2.30. The second-order valence-corrected chi connectivity index (χ2v) is 23.2. The maximum absolute atomic E-state index is 5.84. The standard InChI is InChI=1S/C73H76N2/c1-47(22-9-6-7-10-26-54-43-56-29-21-35-71(68(56)42-48(54)2)75-70-34-20-19-31-62(70)58-37-36-53-25-13-14-27-55(53)44-58)60-40-41-66(65-39-38-59-46-69(59)72(60)65)73(74-51(5)52-23-11-8-12-24-52)50(4)49(3)67-45-57-28-15-16-30-61(57)63-32-17-18-33-64(63)67/h6-14,16-21,23,25,27,29-35,37,41-45,47,51-53,59-60,68-69,71,75H,15,22,24,26,28,36,38-40,46H2,1-5H3/b9-6-,10-7-,50-49+,74-73?/t47?,51?,52?,53-,59?,60?,68?,69?,71?/m1/s1. The van der Waals surface area contributed by atoms with Gasteiger partial charge in [0.05, 0.1) is 17.8 Å². The second kappa shape index (κ2) is 21.5. The number of rotatable bonds is 14. The van der Waals surface area contributed by atoms with Crippen molar-refractivity contribution in [3.8, 4) is 0 Å². The first-order chi connectivity index (χ1) is 36.8. The van der Waals surface area contributed by atoms with Crippen LogP contribution in [0.25, 0.3) is 28.0 Å². The van der Waals surface area contributed by atoms with Crippen molar-refractivity contribution in [3.05, 3.63) is 249 Å². The Kier molecular flexibility index (Phi) is 14.1. The molecule has 0 heterocycles. The van der Waals surface area contributed by atoms with Gasteiger partial charge in [-0.15, -0.1) is 0 Å². The monoisotopic (exact) mass is 981 g/mol. The Morgan fingerprint density at radius 1 is 0.813 bits per heavy atom. The number of nitrogens with one attached hydrogen (secondary N) is 1. The minimum absolute atomic E-state index is 0.187. The molecule has 0 radical (unpaired) electrons. The van der Waals surface area contributed by atoms with Crippen molar-refractivity contribution in [1.29, 1.82) is 0 Å². The van der Waals surface area contributed by atoms with Gasteiger partial charge in [-0.2, -0.15) is 0 Å². The van der Waals surface area contributed by atoms with Gasteiger partial charge in [-0.3, -0.25) is 4.99 Å². The SMILES string of the molecule is CC1=CC2C(=CC=CC2Nc2ccccc2C2=CC[C@H]3C=CC=CC3=C2)C=C1C/C=C\C=C/CC(C)C1CC=C(C(=NC(C)C2C=CC=CC2)/C(C)=C(\C)c2cc3c(c4ccccc24)C=CCC3)C2=C1C1CC1CC2. The Morgan fingerprint density at radius 2 is 1.67 bits per heavy atom. The summed E-state index contributed by atoms with van der Waals surface area (Å²) in [5.74, 6) is 3.97. The van der Waals surface area contributed by atoms with E-state index in [1.54, 1.807) is 11.1 Å². The summed E-state index contributed by atoms with van der Waals surface area (Å²) in [6.07, 6.45) is 62.8. The maximum atomic E-state index is 5.84. The lowest BCUT2D eigenvalue weighted by molar-refractivity contribution is 0.382. The summed E-state index contributed by atoms with van der Waals surface area (Å²) < 4.78 is 0. The molecule has 0 bridgehead atoms.